The summed E-state index contributed by atoms with van der Waals surface area (Å²) in [4.78, 5) is 21.1. The smallest absolute Gasteiger partial charge is 0.274 e. The summed E-state index contributed by atoms with van der Waals surface area (Å²) in [6.45, 7) is 2.89. The molecule has 0 bridgehead atoms. The third kappa shape index (κ3) is 3.39. The lowest BCUT2D eigenvalue weighted by Crippen LogP contribution is -2.32. The van der Waals surface area contributed by atoms with Crippen molar-refractivity contribution in [2.75, 3.05) is 13.6 Å². The molecule has 1 N–H and O–H groups in total. The topological polar surface area (TPSA) is 78.3 Å². The van der Waals surface area contributed by atoms with E-state index in [1.54, 1.807) is 30.7 Å². The van der Waals surface area contributed by atoms with Gasteiger partial charge in [-0.15, -0.1) is 0 Å². The number of amides is 1. The van der Waals surface area contributed by atoms with E-state index in [2.05, 4.69) is 20.1 Å². The Bertz CT molecular complexity index is 873. The molecule has 0 radical (unpaired) electrons. The molecule has 0 aromatic carbocycles. The van der Waals surface area contributed by atoms with Gasteiger partial charge in [-0.1, -0.05) is 6.07 Å². The van der Waals surface area contributed by atoms with Crippen LogP contribution in [0.1, 0.15) is 33.0 Å². The SMILES string of the molecule is CN(Cc1ccccn1)C(=O)c1n[nH]c2c1CN(Cc1ccoc1)CC2. The lowest BCUT2D eigenvalue weighted by molar-refractivity contribution is 0.0774. The molecule has 0 saturated carbocycles. The van der Waals surface area contributed by atoms with E-state index in [9.17, 15) is 4.79 Å². The monoisotopic (exact) mass is 351 g/mol. The third-order valence-electron chi connectivity index (χ3n) is 4.67. The molecule has 0 atom stereocenters. The fraction of sp³-hybridized carbons (Fsp3) is 0.316. The maximum absolute atomic E-state index is 12.9. The summed E-state index contributed by atoms with van der Waals surface area (Å²) in [5.41, 5.74) is 4.56. The fourth-order valence-corrected chi connectivity index (χ4v) is 3.29. The van der Waals surface area contributed by atoms with Crippen molar-refractivity contribution in [3.05, 3.63) is 71.2 Å². The number of aromatic nitrogens is 3. The van der Waals surface area contributed by atoms with Gasteiger partial charge in [-0.05, 0) is 18.2 Å². The quantitative estimate of drug-likeness (QED) is 0.763. The van der Waals surface area contributed by atoms with E-state index in [1.165, 1.54) is 0 Å². The van der Waals surface area contributed by atoms with Crippen LogP contribution in [-0.2, 0) is 26.1 Å². The first-order chi connectivity index (χ1) is 12.7. The number of pyridine rings is 1. The fourth-order valence-electron chi connectivity index (χ4n) is 3.29. The standard InChI is InChI=1S/C19H21N5O2/c1-23(11-15-4-2-3-7-20-15)19(25)18-16-12-24(8-5-17(16)21-22-18)10-14-6-9-26-13-14/h2-4,6-7,9,13H,5,8,10-12H2,1H3,(H,21,22). The average Bonchev–Trinajstić information content (AvgIpc) is 3.31. The van der Waals surface area contributed by atoms with Crippen LogP contribution < -0.4 is 0 Å². The van der Waals surface area contributed by atoms with Crippen LogP contribution in [0, 0.1) is 0 Å². The average molecular weight is 351 g/mol. The van der Waals surface area contributed by atoms with Gasteiger partial charge in [0.05, 0.1) is 24.8 Å². The van der Waals surface area contributed by atoms with Gasteiger partial charge in [0.1, 0.15) is 0 Å². The predicted octanol–water partition coefficient (Wildman–Crippen LogP) is 2.23. The van der Waals surface area contributed by atoms with E-state index in [1.807, 2.05) is 24.3 Å². The highest BCUT2D eigenvalue weighted by atomic mass is 16.3. The van der Waals surface area contributed by atoms with Gasteiger partial charge in [0.15, 0.2) is 5.69 Å². The largest absolute Gasteiger partial charge is 0.472 e. The zero-order chi connectivity index (χ0) is 17.9. The highest BCUT2D eigenvalue weighted by Crippen LogP contribution is 2.23. The second kappa shape index (κ2) is 7.13. The molecule has 4 heterocycles. The van der Waals surface area contributed by atoms with Crippen molar-refractivity contribution in [2.24, 2.45) is 0 Å². The molecule has 0 spiro atoms. The van der Waals surface area contributed by atoms with Crippen LogP contribution in [-0.4, -0.2) is 44.5 Å². The van der Waals surface area contributed by atoms with Crippen LogP contribution in [0.2, 0.25) is 0 Å². The van der Waals surface area contributed by atoms with Crippen LogP contribution in [0.3, 0.4) is 0 Å². The minimum Gasteiger partial charge on any atom is -0.472 e. The number of nitrogens with zero attached hydrogens (tertiary/aromatic N) is 4. The molecule has 4 rings (SSSR count). The van der Waals surface area contributed by atoms with Crippen molar-refractivity contribution < 1.29 is 9.21 Å². The summed E-state index contributed by atoms with van der Waals surface area (Å²) in [5, 5.41) is 7.36. The maximum atomic E-state index is 12.9. The molecule has 26 heavy (non-hydrogen) atoms. The molecule has 0 fully saturated rings. The van der Waals surface area contributed by atoms with Crippen molar-refractivity contribution in [3.8, 4) is 0 Å². The first-order valence-electron chi connectivity index (χ1n) is 8.65. The number of carbonyl (C=O) groups excluding carboxylic acids is 1. The van der Waals surface area contributed by atoms with E-state index in [4.69, 9.17) is 4.42 Å². The zero-order valence-corrected chi connectivity index (χ0v) is 14.7. The number of aromatic amines is 1. The molecule has 134 valence electrons. The van der Waals surface area contributed by atoms with Gasteiger partial charge in [-0.25, -0.2) is 0 Å². The third-order valence-corrected chi connectivity index (χ3v) is 4.67. The minimum atomic E-state index is -0.0849. The van der Waals surface area contributed by atoms with E-state index in [-0.39, 0.29) is 5.91 Å². The Morgan fingerprint density at radius 3 is 3.08 bits per heavy atom. The van der Waals surface area contributed by atoms with E-state index in [0.29, 0.717) is 18.8 Å². The van der Waals surface area contributed by atoms with Crippen LogP contribution in [0.25, 0.3) is 0 Å². The van der Waals surface area contributed by atoms with Crippen LogP contribution >= 0.6 is 0 Å². The molecule has 0 aliphatic carbocycles. The number of carbonyl (C=O) groups is 1. The van der Waals surface area contributed by atoms with Crippen LogP contribution in [0.4, 0.5) is 0 Å². The van der Waals surface area contributed by atoms with Crippen molar-refractivity contribution in [1.29, 1.82) is 0 Å². The lowest BCUT2D eigenvalue weighted by atomic mass is 10.0. The number of rotatable bonds is 5. The molecule has 0 saturated heterocycles. The van der Waals surface area contributed by atoms with Gasteiger partial charge in [-0.3, -0.25) is 19.8 Å². The van der Waals surface area contributed by atoms with Gasteiger partial charge in [-0.2, -0.15) is 5.10 Å². The van der Waals surface area contributed by atoms with E-state index in [0.717, 1.165) is 42.0 Å². The summed E-state index contributed by atoms with van der Waals surface area (Å²) >= 11 is 0. The summed E-state index contributed by atoms with van der Waals surface area (Å²) in [6.07, 6.45) is 6.04. The highest BCUT2D eigenvalue weighted by Gasteiger charge is 2.27. The second-order valence-electron chi connectivity index (χ2n) is 6.60. The Kier molecular flexibility index (Phi) is 4.53. The van der Waals surface area contributed by atoms with Gasteiger partial charge >= 0.3 is 0 Å². The Morgan fingerprint density at radius 2 is 2.31 bits per heavy atom. The summed E-state index contributed by atoms with van der Waals surface area (Å²) in [5.74, 6) is -0.0849. The zero-order valence-electron chi connectivity index (χ0n) is 14.7. The molecular formula is C19H21N5O2. The Labute approximate surface area is 151 Å². The molecule has 7 nitrogen and oxygen atoms in total. The van der Waals surface area contributed by atoms with Crippen molar-refractivity contribution in [2.45, 2.75) is 26.1 Å². The lowest BCUT2D eigenvalue weighted by Gasteiger charge is -2.26. The number of furan rings is 1. The Balaban J connectivity index is 1.48. The Morgan fingerprint density at radius 1 is 1.38 bits per heavy atom. The molecule has 3 aromatic rings. The van der Waals surface area contributed by atoms with Gasteiger partial charge in [0, 0.05) is 56.1 Å². The predicted molar refractivity (Wildman–Crippen MR) is 95.1 cm³/mol. The van der Waals surface area contributed by atoms with Gasteiger partial charge < -0.3 is 9.32 Å². The minimum absolute atomic E-state index is 0.0849. The molecule has 3 aromatic heterocycles. The second-order valence-corrected chi connectivity index (χ2v) is 6.60. The first-order valence-corrected chi connectivity index (χ1v) is 8.65. The summed E-state index contributed by atoms with van der Waals surface area (Å²) in [6, 6.07) is 7.67. The van der Waals surface area contributed by atoms with Crippen molar-refractivity contribution in [3.63, 3.8) is 0 Å². The number of nitrogens with one attached hydrogen (secondary N) is 1. The van der Waals surface area contributed by atoms with E-state index < -0.39 is 0 Å². The molecule has 0 unspecified atom stereocenters. The van der Waals surface area contributed by atoms with Crippen molar-refractivity contribution in [1.82, 2.24) is 25.0 Å². The van der Waals surface area contributed by atoms with Gasteiger partial charge in [0.2, 0.25) is 0 Å². The summed E-state index contributed by atoms with van der Waals surface area (Å²) in [7, 11) is 1.78. The molecule has 1 aliphatic heterocycles. The maximum Gasteiger partial charge on any atom is 0.274 e. The molecule has 1 amide bonds. The number of hydrogen-bond acceptors (Lipinski definition) is 5. The molecule has 7 heteroatoms. The summed E-state index contributed by atoms with van der Waals surface area (Å²) < 4.78 is 5.15. The van der Waals surface area contributed by atoms with Gasteiger partial charge in [0.25, 0.3) is 5.91 Å². The number of fused-ring (bicyclic) bond motifs is 1. The van der Waals surface area contributed by atoms with Crippen molar-refractivity contribution >= 4 is 5.91 Å². The number of hydrogen-bond donors (Lipinski definition) is 1. The normalized spacial score (nSPS) is 14.2. The number of H-pyrrole nitrogens is 1. The van der Waals surface area contributed by atoms with Crippen LogP contribution in [0.15, 0.2) is 47.4 Å². The Hall–Kier alpha value is -2.93. The van der Waals surface area contributed by atoms with E-state index >= 15 is 0 Å². The molecular weight excluding hydrogens is 330 g/mol. The van der Waals surface area contributed by atoms with Crippen LogP contribution in [0.5, 0.6) is 0 Å². The first kappa shape index (κ1) is 16.5. The highest BCUT2D eigenvalue weighted by molar-refractivity contribution is 5.93. The molecule has 1 aliphatic rings.